The summed E-state index contributed by atoms with van der Waals surface area (Å²) in [6, 6.07) is 20.8. The third kappa shape index (κ3) is 5.09. The fraction of sp³-hybridized carbons (Fsp3) is 0.206. The van der Waals surface area contributed by atoms with E-state index in [1.165, 1.54) is 47.5 Å². The van der Waals surface area contributed by atoms with Crippen LogP contribution in [0, 0.1) is 22.7 Å². The molecule has 0 radical (unpaired) electrons. The molecule has 48 heavy (non-hydrogen) atoms. The molecule has 2 aliphatic rings. The Balaban J connectivity index is 1.75. The molecule has 0 spiro atoms. The summed E-state index contributed by atoms with van der Waals surface area (Å²) in [5, 5.41) is 37.0. The highest BCUT2D eigenvalue weighted by molar-refractivity contribution is 7.86. The number of pyridine rings is 1. The maximum absolute atomic E-state index is 15.0. The first kappa shape index (κ1) is 32.5. The van der Waals surface area contributed by atoms with E-state index < -0.39 is 61.4 Å². The second-order valence-electron chi connectivity index (χ2n) is 11.2. The molecule has 3 heterocycles. The molecule has 2 aliphatic heterocycles. The van der Waals surface area contributed by atoms with Crippen LogP contribution in [-0.4, -0.2) is 54.5 Å². The minimum Gasteiger partial charge on any atom is -0.497 e. The predicted octanol–water partition coefficient (Wildman–Crippen LogP) is 4.11. The van der Waals surface area contributed by atoms with Crippen molar-refractivity contribution in [2.45, 2.75) is 35.9 Å². The zero-order valence-corrected chi connectivity index (χ0v) is 26.9. The van der Waals surface area contributed by atoms with Crippen molar-refractivity contribution in [2.75, 3.05) is 23.4 Å². The maximum Gasteiger partial charge on any atom is 0.333 e. The number of carboxylic acid groups (broad SMARTS) is 1. The number of nitriles is 2. The smallest absolute Gasteiger partial charge is 0.333 e. The number of piperazine rings is 1. The van der Waals surface area contributed by atoms with Crippen molar-refractivity contribution in [1.82, 2.24) is 4.98 Å². The van der Waals surface area contributed by atoms with Gasteiger partial charge in [-0.3, -0.25) is 4.79 Å². The molecule has 0 aliphatic carbocycles. The van der Waals surface area contributed by atoms with Gasteiger partial charge in [0.2, 0.25) is 5.91 Å². The fourth-order valence-electron chi connectivity index (χ4n) is 6.75. The molecular weight excluding hydrogens is 656 g/mol. The van der Waals surface area contributed by atoms with Crippen molar-refractivity contribution in [1.29, 1.82) is 10.5 Å². The average molecular weight is 683 g/mol. The number of hydrogen-bond donors (Lipinski definition) is 1. The quantitative estimate of drug-likeness (QED) is 0.279. The first-order valence-corrected chi connectivity index (χ1v) is 16.7. The van der Waals surface area contributed by atoms with Crippen LogP contribution in [0.2, 0.25) is 5.02 Å². The molecule has 1 N–H and O–H groups in total. The topological polar surface area (TPSA) is 176 Å². The lowest BCUT2D eigenvalue weighted by atomic mass is 9.80. The summed E-state index contributed by atoms with van der Waals surface area (Å²) in [5.41, 5.74) is 1.28. The number of anilines is 2. The second-order valence-corrected chi connectivity index (χ2v) is 13.7. The number of para-hydroxylation sites is 2. The lowest BCUT2D eigenvalue weighted by Crippen LogP contribution is -2.77. The summed E-state index contributed by atoms with van der Waals surface area (Å²) in [6.07, 6.45) is -0.736. The van der Waals surface area contributed by atoms with Crippen LogP contribution < -0.4 is 20.1 Å². The molecule has 0 saturated carbocycles. The van der Waals surface area contributed by atoms with Crippen molar-refractivity contribution in [2.24, 2.45) is 0 Å². The summed E-state index contributed by atoms with van der Waals surface area (Å²) < 4.78 is 34.1. The molecule has 1 aromatic heterocycles. The van der Waals surface area contributed by atoms with E-state index in [0.717, 1.165) is 0 Å². The van der Waals surface area contributed by atoms with E-state index >= 15 is 0 Å². The Hall–Kier alpha value is -5.47. The molecule has 0 bridgehead atoms. The number of carbonyl (C=O) groups is 2. The summed E-state index contributed by atoms with van der Waals surface area (Å²) in [5.74, 6) is -1.60. The normalized spacial score (nSPS) is 23.3. The number of aromatic nitrogens is 1. The Bertz CT molecular complexity index is 2100. The Morgan fingerprint density at radius 1 is 1.06 bits per heavy atom. The molecule has 2 amide bonds. The number of sulfonamides is 1. The van der Waals surface area contributed by atoms with Crippen molar-refractivity contribution in [3.05, 3.63) is 113 Å². The fourth-order valence-corrected chi connectivity index (χ4v) is 8.83. The Morgan fingerprint density at radius 2 is 1.75 bits per heavy atom. The van der Waals surface area contributed by atoms with Gasteiger partial charge in [-0.2, -0.15) is 22.8 Å². The highest BCUT2D eigenvalue weighted by Gasteiger charge is 2.67. The molecular formula is C34H27ClN6O6S. The van der Waals surface area contributed by atoms with Gasteiger partial charge in [-0.05, 0) is 61.0 Å². The molecule has 3 aromatic carbocycles. The number of fused-ring (bicyclic) bond motifs is 1. The van der Waals surface area contributed by atoms with Crippen LogP contribution in [0.15, 0.2) is 96.0 Å². The van der Waals surface area contributed by atoms with E-state index in [-0.39, 0.29) is 28.8 Å². The van der Waals surface area contributed by atoms with Gasteiger partial charge < -0.3 is 24.9 Å². The van der Waals surface area contributed by atoms with E-state index in [2.05, 4.69) is 16.4 Å². The molecule has 1 fully saturated rings. The van der Waals surface area contributed by atoms with Gasteiger partial charge in [0.25, 0.3) is 6.09 Å². The number of rotatable bonds is 7. The van der Waals surface area contributed by atoms with Crippen molar-refractivity contribution in [3.63, 3.8) is 0 Å². The van der Waals surface area contributed by atoms with E-state index in [9.17, 15) is 33.6 Å². The lowest BCUT2D eigenvalue weighted by Gasteiger charge is -2.55. The zero-order valence-electron chi connectivity index (χ0n) is 25.4. The standard InChI is InChI=1S/C34H27ClN6O6S/c1-2-47-28-10-6-4-8-26(28)31-32(30-25-7-3-5-9-27(25)39-33(30)42)41(34(43)44,48(45,46)24-14-12-22(35)13-15-24)20-23(18-37)40(31)29-16-11-21(17-36)19-38-29/h3-16,19,23,30-32H,2,20H2,1H3,(H-,39,42,43,44). The minimum absolute atomic E-state index is 0.147. The number of nitrogens with one attached hydrogen (secondary N) is 1. The van der Waals surface area contributed by atoms with Crippen LogP contribution in [0.1, 0.15) is 35.6 Å². The van der Waals surface area contributed by atoms with Gasteiger partial charge in [0.1, 0.15) is 41.0 Å². The molecule has 1 saturated heterocycles. The first-order valence-electron chi connectivity index (χ1n) is 14.8. The number of hydrogen-bond acceptors (Lipinski definition) is 10. The van der Waals surface area contributed by atoms with Crippen LogP contribution in [0.3, 0.4) is 0 Å². The zero-order chi connectivity index (χ0) is 34.2. The van der Waals surface area contributed by atoms with Crippen molar-refractivity contribution >= 4 is 45.1 Å². The second kappa shape index (κ2) is 12.6. The number of quaternary nitrogens is 1. The third-order valence-corrected chi connectivity index (χ3v) is 11.3. The number of amides is 2. The maximum atomic E-state index is 15.0. The van der Waals surface area contributed by atoms with E-state index in [0.29, 0.717) is 16.8 Å². The van der Waals surface area contributed by atoms with Crippen molar-refractivity contribution < 1.29 is 31.7 Å². The van der Waals surface area contributed by atoms with Crippen LogP contribution in [0.5, 0.6) is 5.75 Å². The van der Waals surface area contributed by atoms with E-state index in [1.807, 2.05) is 6.07 Å². The van der Waals surface area contributed by atoms with Gasteiger partial charge in [-0.15, -0.1) is 0 Å². The number of carbonyl (C=O) groups excluding carboxylic acids is 2. The summed E-state index contributed by atoms with van der Waals surface area (Å²) in [6.45, 7) is 1.09. The highest BCUT2D eigenvalue weighted by Crippen LogP contribution is 2.53. The SMILES string of the molecule is CCOc1ccccc1C1C(C2C(=O)Nc3ccccc32)[N+](C(=O)[O-])(S(=O)(=O)c2ccc(Cl)cc2)CC(C#N)N1c1ccc(C#N)cn1. The van der Waals surface area contributed by atoms with Gasteiger partial charge in [-0.25, -0.2) is 4.98 Å². The molecule has 6 rings (SSSR count). The van der Waals surface area contributed by atoms with Crippen LogP contribution in [-0.2, 0) is 14.8 Å². The predicted molar refractivity (Wildman–Crippen MR) is 172 cm³/mol. The molecule has 4 aromatic rings. The van der Waals surface area contributed by atoms with Crippen molar-refractivity contribution in [3.8, 4) is 17.9 Å². The summed E-state index contributed by atoms with van der Waals surface area (Å²) in [7, 11) is -5.02. The highest BCUT2D eigenvalue weighted by atomic mass is 35.5. The number of nitrogens with zero attached hydrogens (tertiary/aromatic N) is 5. The number of halogens is 1. The molecule has 5 unspecified atom stereocenters. The van der Waals surface area contributed by atoms with Crippen LogP contribution in [0.25, 0.3) is 0 Å². The largest absolute Gasteiger partial charge is 0.497 e. The third-order valence-electron chi connectivity index (χ3n) is 8.74. The first-order chi connectivity index (χ1) is 23.1. The molecule has 12 nitrogen and oxygen atoms in total. The summed E-state index contributed by atoms with van der Waals surface area (Å²) >= 11 is 6.08. The Morgan fingerprint density at radius 3 is 2.38 bits per heavy atom. The monoisotopic (exact) mass is 682 g/mol. The Labute approximate surface area is 281 Å². The Kier molecular flexibility index (Phi) is 8.54. The van der Waals surface area contributed by atoms with Gasteiger partial charge in [0.15, 0.2) is 12.1 Å². The lowest BCUT2D eigenvalue weighted by molar-refractivity contribution is -0.793. The number of benzene rings is 3. The molecule has 14 heteroatoms. The van der Waals surface area contributed by atoms with Gasteiger partial charge in [0, 0.05) is 22.5 Å². The minimum atomic E-state index is -5.02. The summed E-state index contributed by atoms with van der Waals surface area (Å²) in [4.78, 5) is 33.5. The van der Waals surface area contributed by atoms with E-state index in [4.69, 9.17) is 16.3 Å². The average Bonchev–Trinajstić information content (AvgIpc) is 3.42. The van der Waals surface area contributed by atoms with Crippen LogP contribution >= 0.6 is 11.6 Å². The molecule has 242 valence electrons. The van der Waals surface area contributed by atoms with Gasteiger partial charge in [0.05, 0.1) is 18.2 Å². The van der Waals surface area contributed by atoms with Gasteiger partial charge in [-0.1, -0.05) is 48.0 Å². The number of ether oxygens (including phenoxy) is 1. The van der Waals surface area contributed by atoms with Crippen LogP contribution in [0.4, 0.5) is 16.3 Å². The van der Waals surface area contributed by atoms with Gasteiger partial charge >= 0.3 is 10.0 Å². The molecule has 5 atom stereocenters. The van der Waals surface area contributed by atoms with E-state index in [1.54, 1.807) is 55.5 Å².